The Hall–Kier alpha value is -6.72. The molecule has 0 aliphatic rings. The Morgan fingerprint density at radius 3 is 1.65 bits per heavy atom. The highest BCUT2D eigenvalue weighted by molar-refractivity contribution is 6.10. The molecule has 0 atom stereocenters. The molecule has 0 amide bonds. The van der Waals surface area contributed by atoms with E-state index in [-0.39, 0.29) is 5.82 Å². The summed E-state index contributed by atoms with van der Waals surface area (Å²) in [6.45, 7) is 4.29. The first-order chi connectivity index (χ1) is 25.5. The smallest absolute Gasteiger partial charge is 0.164 e. The number of hydrogen-bond acceptors (Lipinski definition) is 3. The molecule has 0 saturated carbocycles. The molecule has 248 valence electrons. The molecule has 0 bridgehead atoms. The van der Waals surface area contributed by atoms with E-state index in [1.807, 2.05) is 60.7 Å². The lowest BCUT2D eigenvalue weighted by Gasteiger charge is -2.15. The van der Waals surface area contributed by atoms with Crippen molar-refractivity contribution in [2.45, 2.75) is 13.8 Å². The van der Waals surface area contributed by atoms with E-state index in [1.54, 1.807) is 12.1 Å². The van der Waals surface area contributed by atoms with Crippen LogP contribution in [0.15, 0.2) is 164 Å². The highest BCUT2D eigenvalue weighted by atomic mass is 19.1. The lowest BCUT2D eigenvalue weighted by molar-refractivity contribution is 0.628. The van der Waals surface area contributed by atoms with Crippen LogP contribution in [0, 0.1) is 19.7 Å². The SMILES string of the molecule is Cc1cc(C)cc(-c2ccc3c(c2)c2ccccc2n3-c2ccc(-c3ccc(F)cc3)c(-c3nc(-c4ccccc4)nc(-c4ccccc4)n3)c2)c1. The van der Waals surface area contributed by atoms with Gasteiger partial charge < -0.3 is 4.57 Å². The minimum Gasteiger partial charge on any atom is -0.309 e. The summed E-state index contributed by atoms with van der Waals surface area (Å²) in [5.41, 5.74) is 12.4. The maximum Gasteiger partial charge on any atom is 0.164 e. The summed E-state index contributed by atoms with van der Waals surface area (Å²) in [7, 11) is 0. The summed E-state index contributed by atoms with van der Waals surface area (Å²) in [6.07, 6.45) is 0. The summed E-state index contributed by atoms with van der Waals surface area (Å²) >= 11 is 0. The largest absolute Gasteiger partial charge is 0.309 e. The summed E-state index contributed by atoms with van der Waals surface area (Å²) in [6, 6.07) is 54.9. The molecule has 9 rings (SSSR count). The molecule has 0 unspecified atom stereocenters. The minimum absolute atomic E-state index is 0.287. The van der Waals surface area contributed by atoms with Gasteiger partial charge in [0.25, 0.3) is 0 Å². The van der Waals surface area contributed by atoms with Gasteiger partial charge in [0.2, 0.25) is 0 Å². The van der Waals surface area contributed by atoms with E-state index in [9.17, 15) is 4.39 Å². The lowest BCUT2D eigenvalue weighted by Crippen LogP contribution is -2.02. The Bertz CT molecular complexity index is 2670. The fourth-order valence-corrected chi connectivity index (χ4v) is 7.24. The molecular weight excluding hydrogens is 640 g/mol. The Labute approximate surface area is 301 Å². The number of hydrogen-bond donors (Lipinski definition) is 0. The molecule has 4 nitrogen and oxygen atoms in total. The number of benzene rings is 7. The Balaban J connectivity index is 1.30. The van der Waals surface area contributed by atoms with Crippen LogP contribution in [0.3, 0.4) is 0 Å². The Morgan fingerprint density at radius 1 is 0.404 bits per heavy atom. The first-order valence-electron chi connectivity index (χ1n) is 17.4. The predicted molar refractivity (Wildman–Crippen MR) is 211 cm³/mol. The van der Waals surface area contributed by atoms with Crippen LogP contribution in [-0.4, -0.2) is 19.5 Å². The number of aromatic nitrogens is 4. The van der Waals surface area contributed by atoms with Crippen molar-refractivity contribution in [3.05, 3.63) is 181 Å². The number of para-hydroxylation sites is 1. The van der Waals surface area contributed by atoms with Crippen molar-refractivity contribution in [2.75, 3.05) is 0 Å². The molecule has 2 aromatic heterocycles. The maximum absolute atomic E-state index is 14.2. The van der Waals surface area contributed by atoms with Crippen LogP contribution in [0.4, 0.5) is 4.39 Å². The van der Waals surface area contributed by atoms with Crippen LogP contribution in [-0.2, 0) is 0 Å². The van der Waals surface area contributed by atoms with E-state index in [2.05, 4.69) is 97.3 Å². The normalized spacial score (nSPS) is 11.4. The van der Waals surface area contributed by atoms with Crippen LogP contribution < -0.4 is 0 Å². The van der Waals surface area contributed by atoms with Gasteiger partial charge in [-0.05, 0) is 78.6 Å². The van der Waals surface area contributed by atoms with E-state index in [1.165, 1.54) is 45.2 Å². The van der Waals surface area contributed by atoms with E-state index < -0.39 is 0 Å². The maximum atomic E-state index is 14.2. The number of halogens is 1. The summed E-state index contributed by atoms with van der Waals surface area (Å²) < 4.78 is 16.5. The zero-order chi connectivity index (χ0) is 35.2. The second kappa shape index (κ2) is 12.9. The average Bonchev–Trinajstić information content (AvgIpc) is 3.52. The topological polar surface area (TPSA) is 43.6 Å². The van der Waals surface area contributed by atoms with Gasteiger partial charge in [-0.15, -0.1) is 0 Å². The first-order valence-corrected chi connectivity index (χ1v) is 17.4. The van der Waals surface area contributed by atoms with Crippen molar-refractivity contribution < 1.29 is 4.39 Å². The zero-order valence-electron chi connectivity index (χ0n) is 28.8. The van der Waals surface area contributed by atoms with Crippen LogP contribution >= 0.6 is 0 Å². The highest BCUT2D eigenvalue weighted by Crippen LogP contribution is 2.39. The van der Waals surface area contributed by atoms with Crippen molar-refractivity contribution in [1.29, 1.82) is 0 Å². The third-order valence-electron chi connectivity index (χ3n) is 9.58. The standard InChI is InChI=1S/C47H33FN4/c1-30-25-31(2)27-36(26-30)35-19-24-44-41(28-35)40-15-9-10-16-43(40)52(44)38-22-23-39(32-17-20-37(48)21-18-32)42(29-38)47-50-45(33-11-5-3-6-12-33)49-46(51-47)34-13-7-4-8-14-34/h3-29H,1-2H3. The van der Waals surface area contributed by atoms with E-state index in [0.717, 1.165) is 44.5 Å². The van der Waals surface area contributed by atoms with Gasteiger partial charge in [-0.2, -0.15) is 0 Å². The molecule has 0 fully saturated rings. The average molecular weight is 673 g/mol. The summed E-state index contributed by atoms with van der Waals surface area (Å²) in [5.74, 6) is 1.41. The molecule has 0 aliphatic carbocycles. The van der Waals surface area contributed by atoms with Gasteiger partial charge in [0, 0.05) is 33.2 Å². The van der Waals surface area contributed by atoms with Gasteiger partial charge in [-0.1, -0.05) is 132 Å². The molecule has 0 aliphatic heterocycles. The van der Waals surface area contributed by atoms with Gasteiger partial charge in [-0.3, -0.25) is 0 Å². The molecule has 0 radical (unpaired) electrons. The lowest BCUT2D eigenvalue weighted by atomic mass is 9.98. The quantitative estimate of drug-likeness (QED) is 0.177. The van der Waals surface area contributed by atoms with Crippen molar-refractivity contribution in [3.63, 3.8) is 0 Å². The van der Waals surface area contributed by atoms with Gasteiger partial charge >= 0.3 is 0 Å². The molecular formula is C47H33FN4. The first kappa shape index (κ1) is 31.3. The monoisotopic (exact) mass is 672 g/mol. The minimum atomic E-state index is -0.287. The zero-order valence-corrected chi connectivity index (χ0v) is 28.8. The van der Waals surface area contributed by atoms with Crippen LogP contribution in [0.2, 0.25) is 0 Å². The molecule has 7 aromatic carbocycles. The number of aryl methyl sites for hydroxylation is 2. The molecule has 5 heteroatoms. The van der Waals surface area contributed by atoms with Crippen molar-refractivity contribution >= 4 is 21.8 Å². The van der Waals surface area contributed by atoms with Crippen molar-refractivity contribution in [2.24, 2.45) is 0 Å². The molecule has 9 aromatic rings. The van der Waals surface area contributed by atoms with Crippen molar-refractivity contribution in [3.8, 4) is 62.1 Å². The molecule has 0 N–H and O–H groups in total. The third kappa shape index (κ3) is 5.72. The second-order valence-corrected chi connectivity index (χ2v) is 13.2. The van der Waals surface area contributed by atoms with Gasteiger partial charge in [-0.25, -0.2) is 19.3 Å². The Morgan fingerprint density at radius 2 is 0.981 bits per heavy atom. The van der Waals surface area contributed by atoms with Gasteiger partial charge in [0.1, 0.15) is 5.82 Å². The van der Waals surface area contributed by atoms with Crippen LogP contribution in [0.25, 0.3) is 83.9 Å². The fourth-order valence-electron chi connectivity index (χ4n) is 7.24. The molecule has 0 saturated heterocycles. The number of rotatable bonds is 6. The summed E-state index contributed by atoms with van der Waals surface area (Å²) in [4.78, 5) is 15.1. The molecule has 0 spiro atoms. The molecule has 52 heavy (non-hydrogen) atoms. The van der Waals surface area contributed by atoms with E-state index in [0.29, 0.717) is 17.5 Å². The fraction of sp³-hybridized carbons (Fsp3) is 0.0426. The summed E-state index contributed by atoms with van der Waals surface area (Å²) in [5, 5.41) is 2.35. The van der Waals surface area contributed by atoms with Crippen molar-refractivity contribution in [1.82, 2.24) is 19.5 Å². The van der Waals surface area contributed by atoms with Gasteiger partial charge in [0.15, 0.2) is 17.5 Å². The Kier molecular flexibility index (Phi) is 7.74. The second-order valence-electron chi connectivity index (χ2n) is 13.2. The number of fused-ring (bicyclic) bond motifs is 3. The third-order valence-corrected chi connectivity index (χ3v) is 9.58. The predicted octanol–water partition coefficient (Wildman–Crippen LogP) is 12.1. The van der Waals surface area contributed by atoms with Gasteiger partial charge in [0.05, 0.1) is 11.0 Å². The van der Waals surface area contributed by atoms with Crippen LogP contribution in [0.1, 0.15) is 11.1 Å². The highest BCUT2D eigenvalue weighted by Gasteiger charge is 2.19. The van der Waals surface area contributed by atoms with E-state index in [4.69, 9.17) is 15.0 Å². The molecule has 2 heterocycles. The number of nitrogens with zero attached hydrogens (tertiary/aromatic N) is 4. The van der Waals surface area contributed by atoms with E-state index >= 15 is 0 Å². The van der Waals surface area contributed by atoms with Crippen LogP contribution in [0.5, 0.6) is 0 Å².